The highest BCUT2D eigenvalue weighted by Crippen LogP contribution is 2.20. The number of nitrogens with one attached hydrogen (secondary N) is 1. The van der Waals surface area contributed by atoms with Crippen LogP contribution in [0.4, 0.5) is 0 Å². The van der Waals surface area contributed by atoms with Crippen molar-refractivity contribution >= 4 is 29.1 Å². The van der Waals surface area contributed by atoms with Gasteiger partial charge < -0.3 is 10.2 Å². The van der Waals surface area contributed by atoms with Crippen molar-refractivity contribution in [2.75, 3.05) is 26.7 Å². The number of pyridine rings is 1. The lowest BCUT2D eigenvalue weighted by Gasteiger charge is -2.28. The van der Waals surface area contributed by atoms with E-state index in [4.69, 9.17) is 23.2 Å². The van der Waals surface area contributed by atoms with Crippen molar-refractivity contribution in [2.24, 2.45) is 5.92 Å². The molecule has 1 N–H and O–H groups in total. The third-order valence-corrected chi connectivity index (χ3v) is 4.25. The van der Waals surface area contributed by atoms with Gasteiger partial charge in [0.1, 0.15) is 5.15 Å². The van der Waals surface area contributed by atoms with Gasteiger partial charge in [0.15, 0.2) is 0 Å². The fraction of sp³-hybridized carbons (Fsp3) is 0.571. The zero-order valence-electron chi connectivity index (χ0n) is 11.5. The van der Waals surface area contributed by atoms with Crippen LogP contribution >= 0.6 is 23.2 Å². The van der Waals surface area contributed by atoms with Gasteiger partial charge in [-0.3, -0.25) is 4.79 Å². The van der Waals surface area contributed by atoms with E-state index < -0.39 is 0 Å². The fourth-order valence-electron chi connectivity index (χ4n) is 2.42. The van der Waals surface area contributed by atoms with Crippen LogP contribution in [-0.2, 0) is 0 Å². The Labute approximate surface area is 129 Å². The molecule has 0 bridgehead atoms. The van der Waals surface area contributed by atoms with Crippen LogP contribution < -0.4 is 5.32 Å². The summed E-state index contributed by atoms with van der Waals surface area (Å²) in [5.41, 5.74) is 0.384. The van der Waals surface area contributed by atoms with E-state index in [0.29, 0.717) is 23.0 Å². The van der Waals surface area contributed by atoms with E-state index in [2.05, 4.69) is 22.2 Å². The number of hydrogen-bond acceptors (Lipinski definition) is 3. The molecule has 1 fully saturated rings. The number of rotatable bonds is 4. The highest BCUT2D eigenvalue weighted by molar-refractivity contribution is 6.35. The Balaban J connectivity index is 1.79. The number of amides is 1. The zero-order valence-corrected chi connectivity index (χ0v) is 13.0. The van der Waals surface area contributed by atoms with Crippen LogP contribution in [0.15, 0.2) is 12.3 Å². The zero-order chi connectivity index (χ0) is 14.5. The molecule has 6 heteroatoms. The quantitative estimate of drug-likeness (QED) is 0.869. The molecule has 0 radical (unpaired) electrons. The maximum Gasteiger partial charge on any atom is 0.252 e. The number of carbonyl (C=O) groups excluding carboxylic acids is 1. The molecule has 1 aromatic heterocycles. The molecule has 2 heterocycles. The van der Waals surface area contributed by atoms with Gasteiger partial charge in [-0.25, -0.2) is 4.98 Å². The second kappa shape index (κ2) is 7.25. The molecule has 4 nitrogen and oxygen atoms in total. The Hall–Kier alpha value is -0.840. The monoisotopic (exact) mass is 315 g/mol. The molecule has 2 rings (SSSR count). The predicted molar refractivity (Wildman–Crippen MR) is 81.4 cm³/mol. The van der Waals surface area contributed by atoms with E-state index in [-0.39, 0.29) is 11.1 Å². The molecular formula is C14H19Cl2N3O. The maximum atomic E-state index is 12.0. The second-order valence-corrected chi connectivity index (χ2v) is 6.07. The van der Waals surface area contributed by atoms with Gasteiger partial charge in [0, 0.05) is 12.7 Å². The molecule has 1 saturated heterocycles. The van der Waals surface area contributed by atoms with E-state index in [9.17, 15) is 4.79 Å². The smallest absolute Gasteiger partial charge is 0.252 e. The molecule has 0 spiro atoms. The SMILES string of the molecule is CN1CCC(CCNC(=O)c2cc(Cl)ncc2Cl)CC1. The van der Waals surface area contributed by atoms with Crippen LogP contribution in [0.5, 0.6) is 0 Å². The third-order valence-electron chi connectivity index (χ3n) is 3.74. The van der Waals surface area contributed by atoms with Gasteiger partial charge in [-0.1, -0.05) is 23.2 Å². The average molecular weight is 316 g/mol. The number of carbonyl (C=O) groups is 1. The lowest BCUT2D eigenvalue weighted by molar-refractivity contribution is 0.0949. The summed E-state index contributed by atoms with van der Waals surface area (Å²) in [6, 6.07) is 1.49. The number of halogens is 2. The first kappa shape index (κ1) is 15.5. The first-order valence-corrected chi connectivity index (χ1v) is 7.59. The van der Waals surface area contributed by atoms with Crippen molar-refractivity contribution in [2.45, 2.75) is 19.3 Å². The molecular weight excluding hydrogens is 297 g/mol. The summed E-state index contributed by atoms with van der Waals surface area (Å²) in [5, 5.41) is 3.50. The Morgan fingerprint density at radius 1 is 1.45 bits per heavy atom. The highest BCUT2D eigenvalue weighted by atomic mass is 35.5. The van der Waals surface area contributed by atoms with E-state index in [1.807, 2.05) is 0 Å². The molecule has 1 aliphatic heterocycles. The van der Waals surface area contributed by atoms with Crippen molar-refractivity contribution in [1.82, 2.24) is 15.2 Å². The maximum absolute atomic E-state index is 12.0. The molecule has 1 amide bonds. The number of piperidine rings is 1. The van der Waals surface area contributed by atoms with Crippen LogP contribution in [0.25, 0.3) is 0 Å². The Morgan fingerprint density at radius 2 is 2.15 bits per heavy atom. The van der Waals surface area contributed by atoms with Crippen molar-refractivity contribution in [1.29, 1.82) is 0 Å². The Bertz CT molecular complexity index is 473. The first-order chi connectivity index (χ1) is 9.56. The van der Waals surface area contributed by atoms with E-state index in [1.54, 1.807) is 0 Å². The molecule has 1 aliphatic rings. The molecule has 110 valence electrons. The van der Waals surface area contributed by atoms with Gasteiger partial charge in [0.05, 0.1) is 10.6 Å². The minimum Gasteiger partial charge on any atom is -0.352 e. The summed E-state index contributed by atoms with van der Waals surface area (Å²) >= 11 is 11.7. The van der Waals surface area contributed by atoms with Crippen molar-refractivity contribution in [3.8, 4) is 0 Å². The predicted octanol–water partition coefficient (Wildman–Crippen LogP) is 2.85. The number of hydrogen-bond donors (Lipinski definition) is 1. The Morgan fingerprint density at radius 3 is 2.85 bits per heavy atom. The molecule has 0 aliphatic carbocycles. The lowest BCUT2D eigenvalue weighted by Crippen LogP contribution is -2.32. The van der Waals surface area contributed by atoms with Crippen molar-refractivity contribution in [3.63, 3.8) is 0 Å². The highest BCUT2D eigenvalue weighted by Gasteiger charge is 2.17. The summed E-state index contributed by atoms with van der Waals surface area (Å²) in [4.78, 5) is 18.2. The van der Waals surface area contributed by atoms with E-state index in [0.717, 1.165) is 19.5 Å². The summed E-state index contributed by atoms with van der Waals surface area (Å²) in [5.74, 6) is 0.509. The lowest BCUT2D eigenvalue weighted by atomic mass is 9.94. The van der Waals surface area contributed by atoms with Gasteiger partial charge in [-0.2, -0.15) is 0 Å². The number of likely N-dealkylation sites (tertiary alicyclic amines) is 1. The van der Waals surface area contributed by atoms with Gasteiger partial charge in [0.2, 0.25) is 0 Å². The van der Waals surface area contributed by atoms with Gasteiger partial charge in [-0.05, 0) is 51.4 Å². The molecule has 0 unspecified atom stereocenters. The molecule has 20 heavy (non-hydrogen) atoms. The normalized spacial score (nSPS) is 17.1. The van der Waals surface area contributed by atoms with E-state index >= 15 is 0 Å². The minimum atomic E-state index is -0.188. The minimum absolute atomic E-state index is 0.188. The van der Waals surface area contributed by atoms with Gasteiger partial charge in [0.25, 0.3) is 5.91 Å². The van der Waals surface area contributed by atoms with Crippen molar-refractivity contribution in [3.05, 3.63) is 28.0 Å². The average Bonchev–Trinajstić information content (AvgIpc) is 2.43. The summed E-state index contributed by atoms with van der Waals surface area (Å²) in [6.07, 6.45) is 4.81. The standard InChI is InChI=1S/C14H19Cl2N3O/c1-19-6-3-10(4-7-19)2-5-17-14(20)11-8-13(16)18-9-12(11)15/h8-10H,2-7H2,1H3,(H,17,20). The fourth-order valence-corrected chi connectivity index (χ4v) is 2.77. The Kier molecular flexibility index (Phi) is 5.64. The van der Waals surface area contributed by atoms with Crippen LogP contribution in [0.3, 0.4) is 0 Å². The first-order valence-electron chi connectivity index (χ1n) is 6.84. The largest absolute Gasteiger partial charge is 0.352 e. The second-order valence-electron chi connectivity index (χ2n) is 5.28. The van der Waals surface area contributed by atoms with Crippen molar-refractivity contribution < 1.29 is 4.79 Å². The topological polar surface area (TPSA) is 45.2 Å². The molecule has 0 atom stereocenters. The number of aromatic nitrogens is 1. The summed E-state index contributed by atoms with van der Waals surface area (Å²) in [7, 11) is 2.15. The summed E-state index contributed by atoms with van der Waals surface area (Å²) in [6.45, 7) is 2.96. The third kappa shape index (κ3) is 4.33. The van der Waals surface area contributed by atoms with Gasteiger partial charge in [-0.15, -0.1) is 0 Å². The molecule has 0 saturated carbocycles. The van der Waals surface area contributed by atoms with Gasteiger partial charge >= 0.3 is 0 Å². The van der Waals surface area contributed by atoms with Crippen LogP contribution in [0, 0.1) is 5.92 Å². The molecule has 1 aromatic rings. The van der Waals surface area contributed by atoms with Crippen LogP contribution in [0.1, 0.15) is 29.6 Å². The van der Waals surface area contributed by atoms with E-state index in [1.165, 1.54) is 25.1 Å². The van der Waals surface area contributed by atoms with Crippen LogP contribution in [0.2, 0.25) is 10.2 Å². The molecule has 0 aromatic carbocycles. The summed E-state index contributed by atoms with van der Waals surface area (Å²) < 4.78 is 0. The van der Waals surface area contributed by atoms with Crippen LogP contribution in [-0.4, -0.2) is 42.5 Å². The number of nitrogens with zero attached hydrogens (tertiary/aromatic N) is 2.